The number of rotatable bonds is 3. The van der Waals surface area contributed by atoms with Crippen molar-refractivity contribution in [2.75, 3.05) is 11.4 Å². The van der Waals surface area contributed by atoms with E-state index in [0.717, 1.165) is 11.3 Å². The van der Waals surface area contributed by atoms with Crippen LogP contribution in [0, 0.1) is 6.92 Å². The maximum Gasteiger partial charge on any atom is 0.232 e. The minimum atomic E-state index is -0.0640. The van der Waals surface area contributed by atoms with Crippen molar-refractivity contribution in [2.24, 2.45) is 0 Å². The monoisotopic (exact) mass is 319 g/mol. The Morgan fingerprint density at radius 2 is 2.18 bits per heavy atom. The Balaban J connectivity index is 1.85. The van der Waals surface area contributed by atoms with E-state index in [9.17, 15) is 4.79 Å². The number of hydrogen-bond acceptors (Lipinski definition) is 4. The van der Waals surface area contributed by atoms with Gasteiger partial charge in [0.15, 0.2) is 5.82 Å². The summed E-state index contributed by atoms with van der Waals surface area (Å²) < 4.78 is 5.33. The van der Waals surface area contributed by atoms with E-state index < -0.39 is 0 Å². The van der Waals surface area contributed by atoms with Gasteiger partial charge in [0.2, 0.25) is 11.8 Å². The van der Waals surface area contributed by atoms with Crippen molar-refractivity contribution >= 4 is 23.2 Å². The van der Waals surface area contributed by atoms with Gasteiger partial charge in [0.05, 0.1) is 5.92 Å². The molecule has 0 saturated carbocycles. The Morgan fingerprint density at radius 3 is 2.86 bits per heavy atom. The zero-order valence-corrected chi connectivity index (χ0v) is 13.6. The van der Waals surface area contributed by atoms with Crippen LogP contribution < -0.4 is 4.90 Å². The van der Waals surface area contributed by atoms with Gasteiger partial charge in [-0.2, -0.15) is 4.98 Å². The maximum absolute atomic E-state index is 12.4. The molecule has 1 amide bonds. The first-order valence-electron chi connectivity index (χ1n) is 7.36. The molecule has 1 aliphatic heterocycles. The summed E-state index contributed by atoms with van der Waals surface area (Å²) in [5.74, 6) is 1.42. The molecule has 0 spiro atoms. The highest BCUT2D eigenvalue weighted by molar-refractivity contribution is 6.31. The molecule has 1 saturated heterocycles. The van der Waals surface area contributed by atoms with Crippen LogP contribution in [0.2, 0.25) is 5.02 Å². The van der Waals surface area contributed by atoms with Crippen molar-refractivity contribution < 1.29 is 9.32 Å². The van der Waals surface area contributed by atoms with Crippen molar-refractivity contribution in [1.82, 2.24) is 10.1 Å². The molecule has 0 bridgehead atoms. The Hall–Kier alpha value is -1.88. The van der Waals surface area contributed by atoms with Gasteiger partial charge < -0.3 is 9.42 Å². The van der Waals surface area contributed by atoms with Crippen LogP contribution in [-0.2, 0) is 4.79 Å². The summed E-state index contributed by atoms with van der Waals surface area (Å²) in [5.41, 5.74) is 1.76. The number of benzene rings is 1. The highest BCUT2D eigenvalue weighted by Crippen LogP contribution is 2.34. The van der Waals surface area contributed by atoms with Gasteiger partial charge in [-0.05, 0) is 24.6 Å². The third kappa shape index (κ3) is 2.61. The molecule has 1 atom stereocenters. The Morgan fingerprint density at radius 1 is 1.41 bits per heavy atom. The van der Waals surface area contributed by atoms with Gasteiger partial charge >= 0.3 is 0 Å². The molecule has 1 aliphatic rings. The van der Waals surface area contributed by atoms with E-state index in [1.165, 1.54) is 0 Å². The molecule has 1 fully saturated rings. The van der Waals surface area contributed by atoms with Gasteiger partial charge in [0, 0.05) is 29.6 Å². The largest absolute Gasteiger partial charge is 0.339 e. The highest BCUT2D eigenvalue weighted by Gasteiger charge is 2.35. The molecule has 0 N–H and O–H groups in total. The van der Waals surface area contributed by atoms with Crippen molar-refractivity contribution in [1.29, 1.82) is 0 Å². The average Bonchev–Trinajstić information content (AvgIpc) is 3.09. The van der Waals surface area contributed by atoms with E-state index >= 15 is 0 Å². The summed E-state index contributed by atoms with van der Waals surface area (Å²) in [4.78, 5) is 18.5. The van der Waals surface area contributed by atoms with E-state index in [2.05, 4.69) is 10.1 Å². The Labute approximate surface area is 134 Å². The van der Waals surface area contributed by atoms with E-state index in [1.807, 2.05) is 39.0 Å². The van der Waals surface area contributed by atoms with E-state index in [4.69, 9.17) is 16.1 Å². The zero-order chi connectivity index (χ0) is 15.9. The fourth-order valence-corrected chi connectivity index (χ4v) is 2.81. The number of hydrogen-bond donors (Lipinski definition) is 0. The number of halogens is 1. The van der Waals surface area contributed by atoms with E-state index in [0.29, 0.717) is 29.7 Å². The topological polar surface area (TPSA) is 59.2 Å². The molecule has 0 radical (unpaired) electrons. The summed E-state index contributed by atoms with van der Waals surface area (Å²) >= 11 is 6.15. The van der Waals surface area contributed by atoms with Gasteiger partial charge in [0.1, 0.15) is 0 Å². The SMILES string of the molecule is Cc1c(Cl)cccc1N1CC(c2nc(C(C)C)no2)CC1=O. The maximum atomic E-state index is 12.4. The predicted octanol–water partition coefficient (Wildman–Crippen LogP) is 3.68. The highest BCUT2D eigenvalue weighted by atomic mass is 35.5. The summed E-state index contributed by atoms with van der Waals surface area (Å²) in [6.07, 6.45) is 0.381. The van der Waals surface area contributed by atoms with Crippen LogP contribution in [-0.4, -0.2) is 22.6 Å². The lowest BCUT2D eigenvalue weighted by atomic mass is 10.1. The molecular weight excluding hydrogens is 302 g/mol. The standard InChI is InChI=1S/C16H18ClN3O2/c1-9(2)15-18-16(22-19-15)11-7-14(21)20(8-11)13-6-4-5-12(17)10(13)3/h4-6,9,11H,7-8H2,1-3H3. The quantitative estimate of drug-likeness (QED) is 0.866. The molecule has 2 aromatic rings. The molecule has 6 heteroatoms. The second kappa shape index (κ2) is 5.72. The lowest BCUT2D eigenvalue weighted by Gasteiger charge is -2.19. The van der Waals surface area contributed by atoms with Gasteiger partial charge in [-0.1, -0.05) is 36.7 Å². The smallest absolute Gasteiger partial charge is 0.232 e. The Bertz CT molecular complexity index is 711. The van der Waals surface area contributed by atoms with Gasteiger partial charge in [-0.3, -0.25) is 4.79 Å². The second-order valence-corrected chi connectivity index (χ2v) is 6.34. The minimum absolute atomic E-state index is 0.0552. The van der Waals surface area contributed by atoms with Crippen molar-refractivity contribution in [3.05, 3.63) is 40.5 Å². The van der Waals surface area contributed by atoms with E-state index in [1.54, 1.807) is 4.90 Å². The first-order chi connectivity index (χ1) is 10.5. The molecule has 5 nitrogen and oxygen atoms in total. The number of amides is 1. The summed E-state index contributed by atoms with van der Waals surface area (Å²) in [6.45, 7) is 6.48. The second-order valence-electron chi connectivity index (χ2n) is 5.93. The summed E-state index contributed by atoms with van der Waals surface area (Å²) in [6, 6.07) is 5.59. The Kier molecular flexibility index (Phi) is 3.91. The molecule has 1 aromatic carbocycles. The molecule has 1 unspecified atom stereocenters. The van der Waals surface area contributed by atoms with Crippen LogP contribution in [0.5, 0.6) is 0 Å². The number of carbonyl (C=O) groups is 1. The third-order valence-electron chi connectivity index (χ3n) is 3.98. The van der Waals surface area contributed by atoms with Crippen LogP contribution in [0.25, 0.3) is 0 Å². The van der Waals surface area contributed by atoms with Crippen LogP contribution >= 0.6 is 11.6 Å². The van der Waals surface area contributed by atoms with Gasteiger partial charge in [-0.25, -0.2) is 0 Å². The predicted molar refractivity (Wildman–Crippen MR) is 84.3 cm³/mol. The van der Waals surface area contributed by atoms with Crippen LogP contribution in [0.1, 0.15) is 49.4 Å². The van der Waals surface area contributed by atoms with E-state index in [-0.39, 0.29) is 17.7 Å². The van der Waals surface area contributed by atoms with Crippen LogP contribution in [0.15, 0.2) is 22.7 Å². The van der Waals surface area contributed by atoms with Crippen LogP contribution in [0.4, 0.5) is 5.69 Å². The fraction of sp³-hybridized carbons (Fsp3) is 0.438. The van der Waals surface area contributed by atoms with Crippen molar-refractivity contribution in [3.8, 4) is 0 Å². The van der Waals surface area contributed by atoms with Crippen LogP contribution in [0.3, 0.4) is 0 Å². The van der Waals surface area contributed by atoms with Crippen molar-refractivity contribution in [2.45, 2.75) is 39.0 Å². The number of aromatic nitrogens is 2. The molecule has 116 valence electrons. The average molecular weight is 320 g/mol. The molecule has 22 heavy (non-hydrogen) atoms. The van der Waals surface area contributed by atoms with Gasteiger partial charge in [0.25, 0.3) is 0 Å². The molecular formula is C16H18ClN3O2. The normalized spacial score (nSPS) is 18.5. The number of anilines is 1. The lowest BCUT2D eigenvalue weighted by Crippen LogP contribution is -2.25. The first-order valence-corrected chi connectivity index (χ1v) is 7.74. The fourth-order valence-electron chi connectivity index (χ4n) is 2.64. The zero-order valence-electron chi connectivity index (χ0n) is 12.8. The summed E-state index contributed by atoms with van der Waals surface area (Å²) in [5, 5.41) is 4.64. The third-order valence-corrected chi connectivity index (χ3v) is 4.39. The minimum Gasteiger partial charge on any atom is -0.339 e. The van der Waals surface area contributed by atoms with Gasteiger partial charge in [-0.15, -0.1) is 0 Å². The summed E-state index contributed by atoms with van der Waals surface area (Å²) in [7, 11) is 0. The molecule has 0 aliphatic carbocycles. The molecule has 1 aromatic heterocycles. The number of carbonyl (C=O) groups excluding carboxylic acids is 1. The molecule has 3 rings (SSSR count). The lowest BCUT2D eigenvalue weighted by molar-refractivity contribution is -0.117. The van der Waals surface area contributed by atoms with Crippen molar-refractivity contribution in [3.63, 3.8) is 0 Å². The number of nitrogens with zero attached hydrogens (tertiary/aromatic N) is 3. The first kappa shape index (κ1) is 15.0. The molecule has 2 heterocycles.